The first-order chi connectivity index (χ1) is 13.5. The van der Waals surface area contributed by atoms with E-state index in [-0.39, 0.29) is 5.82 Å². The Morgan fingerprint density at radius 2 is 1.71 bits per heavy atom. The minimum absolute atomic E-state index is 0.272. The van der Waals surface area contributed by atoms with Crippen molar-refractivity contribution in [3.05, 3.63) is 77.0 Å². The zero-order valence-electron chi connectivity index (χ0n) is 15.2. The summed E-state index contributed by atoms with van der Waals surface area (Å²) in [5.74, 6) is 0.276. The molecular formula is C21H15ClFN5. The highest BCUT2D eigenvalue weighted by atomic mass is 35.5. The fourth-order valence-electron chi connectivity index (χ4n) is 3.52. The molecule has 5 nitrogen and oxygen atoms in total. The highest BCUT2D eigenvalue weighted by Crippen LogP contribution is 2.31. The largest absolute Gasteiger partial charge is 0.298 e. The number of nitrogens with zero attached hydrogens (tertiary/aromatic N) is 5. The first kappa shape index (κ1) is 16.9. The number of hydrogen-bond donors (Lipinski definition) is 0. The maximum Gasteiger partial charge on any atom is 0.183 e. The highest BCUT2D eigenvalue weighted by molar-refractivity contribution is 6.33. The fraction of sp³-hybridized carbons (Fsp3) is 0.0952. The van der Waals surface area contributed by atoms with E-state index in [2.05, 4.69) is 10.1 Å². The quantitative estimate of drug-likeness (QED) is 0.418. The van der Waals surface area contributed by atoms with Crippen molar-refractivity contribution in [2.24, 2.45) is 0 Å². The van der Waals surface area contributed by atoms with E-state index >= 15 is 0 Å². The Labute approximate surface area is 165 Å². The Hall–Kier alpha value is -3.25. The van der Waals surface area contributed by atoms with Crippen LogP contribution < -0.4 is 0 Å². The molecule has 0 amide bonds. The van der Waals surface area contributed by atoms with Crippen molar-refractivity contribution < 1.29 is 4.39 Å². The van der Waals surface area contributed by atoms with Crippen molar-refractivity contribution in [1.82, 2.24) is 24.1 Å². The number of halogens is 2. The third-order valence-electron chi connectivity index (χ3n) is 5.03. The summed E-state index contributed by atoms with van der Waals surface area (Å²) < 4.78 is 17.0. The van der Waals surface area contributed by atoms with Crippen molar-refractivity contribution in [1.29, 1.82) is 0 Å². The predicted octanol–water partition coefficient (Wildman–Crippen LogP) is 5.14. The van der Waals surface area contributed by atoms with Gasteiger partial charge in [0.15, 0.2) is 17.1 Å². The van der Waals surface area contributed by atoms with E-state index in [4.69, 9.17) is 16.6 Å². The number of fused-ring (bicyclic) bond motifs is 3. The van der Waals surface area contributed by atoms with Gasteiger partial charge in [-0.2, -0.15) is 0 Å². The number of aromatic nitrogens is 5. The Bertz CT molecular complexity index is 1350. The van der Waals surface area contributed by atoms with Gasteiger partial charge < -0.3 is 0 Å². The van der Waals surface area contributed by atoms with Crippen LogP contribution in [0.2, 0.25) is 5.02 Å². The molecule has 0 bridgehead atoms. The van der Waals surface area contributed by atoms with Gasteiger partial charge in [0.2, 0.25) is 0 Å². The number of aryl methyl sites for hydroxylation is 1. The summed E-state index contributed by atoms with van der Waals surface area (Å²) >= 11 is 6.32. The van der Waals surface area contributed by atoms with Gasteiger partial charge in [0.05, 0.1) is 10.4 Å². The average molecular weight is 392 g/mol. The van der Waals surface area contributed by atoms with Gasteiger partial charge in [-0.1, -0.05) is 23.7 Å². The third-order valence-corrected chi connectivity index (χ3v) is 5.36. The van der Waals surface area contributed by atoms with E-state index in [1.54, 1.807) is 23.0 Å². The molecule has 0 saturated carbocycles. The van der Waals surface area contributed by atoms with Crippen LogP contribution in [-0.4, -0.2) is 24.1 Å². The number of benzene rings is 2. The van der Waals surface area contributed by atoms with Crippen molar-refractivity contribution >= 4 is 28.3 Å². The maximum absolute atomic E-state index is 13.4. The Morgan fingerprint density at radius 3 is 2.46 bits per heavy atom. The highest BCUT2D eigenvalue weighted by Gasteiger charge is 2.19. The maximum atomic E-state index is 13.4. The molecule has 3 aromatic heterocycles. The lowest BCUT2D eigenvalue weighted by molar-refractivity contribution is 0.627. The van der Waals surface area contributed by atoms with E-state index in [0.29, 0.717) is 16.5 Å². The van der Waals surface area contributed by atoms with Crippen molar-refractivity contribution in [3.8, 4) is 17.1 Å². The average Bonchev–Trinajstić information content (AvgIpc) is 3.23. The molecule has 0 aliphatic heterocycles. The van der Waals surface area contributed by atoms with E-state index in [0.717, 1.165) is 33.5 Å². The minimum Gasteiger partial charge on any atom is -0.298 e. The second-order valence-corrected chi connectivity index (χ2v) is 7.06. The fourth-order valence-corrected chi connectivity index (χ4v) is 3.74. The Balaban J connectivity index is 1.80. The summed E-state index contributed by atoms with van der Waals surface area (Å²) in [6, 6.07) is 13.9. The molecule has 0 saturated heterocycles. The summed E-state index contributed by atoms with van der Waals surface area (Å²) in [6.45, 7) is 4.05. The molecule has 0 aliphatic carbocycles. The van der Waals surface area contributed by atoms with Crippen LogP contribution in [0.5, 0.6) is 0 Å². The van der Waals surface area contributed by atoms with Gasteiger partial charge >= 0.3 is 0 Å². The summed E-state index contributed by atoms with van der Waals surface area (Å²) in [5.41, 5.74) is 5.15. The summed E-state index contributed by atoms with van der Waals surface area (Å²) in [6.07, 6.45) is 1.64. The third kappa shape index (κ3) is 2.42. The standard InChI is InChI=1S/C21H15ClFN5/c1-12-13(2)28(15-9-7-14(23)8-10-15)20-18(12)21-25-19(26-27(21)11-24-20)16-5-3-4-6-17(16)22/h3-11H,1-2H3. The Morgan fingerprint density at radius 1 is 0.964 bits per heavy atom. The summed E-state index contributed by atoms with van der Waals surface area (Å²) in [7, 11) is 0. The lowest BCUT2D eigenvalue weighted by Crippen LogP contribution is -1.99. The molecule has 138 valence electrons. The van der Waals surface area contributed by atoms with Gasteiger partial charge in [-0.15, -0.1) is 5.10 Å². The van der Waals surface area contributed by atoms with Gasteiger partial charge in [-0.05, 0) is 55.8 Å². The predicted molar refractivity (Wildman–Crippen MR) is 107 cm³/mol. The Kier molecular flexibility index (Phi) is 3.70. The topological polar surface area (TPSA) is 48.0 Å². The molecule has 0 unspecified atom stereocenters. The van der Waals surface area contributed by atoms with E-state index in [9.17, 15) is 4.39 Å². The van der Waals surface area contributed by atoms with Crippen molar-refractivity contribution in [2.75, 3.05) is 0 Å². The molecule has 0 aliphatic rings. The SMILES string of the molecule is Cc1c(C)n(-c2ccc(F)cc2)c2ncn3nc(-c4ccccc4Cl)nc3c12. The molecular weight excluding hydrogens is 377 g/mol. The second kappa shape index (κ2) is 6.14. The van der Waals surface area contributed by atoms with Gasteiger partial charge in [0.1, 0.15) is 12.1 Å². The van der Waals surface area contributed by atoms with E-state index in [1.807, 2.05) is 42.7 Å². The van der Waals surface area contributed by atoms with Crippen LogP contribution in [0.1, 0.15) is 11.3 Å². The molecule has 5 aromatic rings. The van der Waals surface area contributed by atoms with E-state index < -0.39 is 0 Å². The monoisotopic (exact) mass is 391 g/mol. The smallest absolute Gasteiger partial charge is 0.183 e. The van der Waals surface area contributed by atoms with Crippen LogP contribution in [0.15, 0.2) is 54.9 Å². The molecule has 5 rings (SSSR count). The zero-order chi connectivity index (χ0) is 19.4. The lowest BCUT2D eigenvalue weighted by atomic mass is 10.2. The number of rotatable bonds is 2. The van der Waals surface area contributed by atoms with E-state index in [1.165, 1.54) is 12.1 Å². The molecule has 28 heavy (non-hydrogen) atoms. The van der Waals surface area contributed by atoms with Crippen LogP contribution >= 0.6 is 11.6 Å². The molecule has 0 radical (unpaired) electrons. The summed E-state index contributed by atoms with van der Waals surface area (Å²) in [4.78, 5) is 9.36. The first-order valence-electron chi connectivity index (χ1n) is 8.78. The van der Waals surface area contributed by atoms with Gasteiger partial charge in [0, 0.05) is 16.9 Å². The van der Waals surface area contributed by atoms with Gasteiger partial charge in [-0.3, -0.25) is 4.57 Å². The molecule has 7 heteroatoms. The molecule has 0 fully saturated rings. The number of hydrogen-bond acceptors (Lipinski definition) is 3. The first-order valence-corrected chi connectivity index (χ1v) is 9.16. The minimum atomic E-state index is -0.272. The molecule has 3 heterocycles. The van der Waals surface area contributed by atoms with Crippen LogP contribution in [0.25, 0.3) is 33.8 Å². The molecule has 0 spiro atoms. The van der Waals surface area contributed by atoms with Crippen LogP contribution in [0, 0.1) is 19.7 Å². The van der Waals surface area contributed by atoms with Crippen molar-refractivity contribution in [2.45, 2.75) is 13.8 Å². The van der Waals surface area contributed by atoms with Crippen LogP contribution in [0.4, 0.5) is 4.39 Å². The molecule has 0 N–H and O–H groups in total. The molecule has 2 aromatic carbocycles. The second-order valence-electron chi connectivity index (χ2n) is 6.65. The van der Waals surface area contributed by atoms with Gasteiger partial charge in [0.25, 0.3) is 0 Å². The lowest BCUT2D eigenvalue weighted by Gasteiger charge is -2.07. The van der Waals surface area contributed by atoms with Crippen molar-refractivity contribution in [3.63, 3.8) is 0 Å². The van der Waals surface area contributed by atoms with Crippen LogP contribution in [0.3, 0.4) is 0 Å². The van der Waals surface area contributed by atoms with Gasteiger partial charge in [-0.25, -0.2) is 18.9 Å². The zero-order valence-corrected chi connectivity index (χ0v) is 15.9. The van der Waals surface area contributed by atoms with Crippen LogP contribution in [-0.2, 0) is 0 Å². The summed E-state index contributed by atoms with van der Waals surface area (Å²) in [5, 5.41) is 6.07. The molecule has 0 atom stereocenters. The normalized spacial score (nSPS) is 11.6.